The third-order valence-electron chi connectivity index (χ3n) is 3.17. The topological polar surface area (TPSA) is 64.7 Å². The fraction of sp³-hybridized carbons (Fsp3) is 0. The highest BCUT2D eigenvalue weighted by Gasteiger charge is 2.12. The van der Waals surface area contributed by atoms with Gasteiger partial charge in [-0.05, 0) is 22.4 Å². The molecule has 21 heavy (non-hydrogen) atoms. The van der Waals surface area contributed by atoms with Gasteiger partial charge in [0.25, 0.3) is 0 Å². The molecule has 0 spiro atoms. The van der Waals surface area contributed by atoms with Gasteiger partial charge in [-0.1, -0.05) is 60.7 Å². The lowest BCUT2D eigenvalue weighted by Gasteiger charge is -2.12. The summed E-state index contributed by atoms with van der Waals surface area (Å²) in [5.74, 6) is 0. The molecule has 3 rings (SSSR count). The molecule has 0 saturated carbocycles. The van der Waals surface area contributed by atoms with Gasteiger partial charge in [0.2, 0.25) is 0 Å². The average Bonchev–Trinajstić information content (AvgIpc) is 2.58. The van der Waals surface area contributed by atoms with Gasteiger partial charge < -0.3 is 5.73 Å². The van der Waals surface area contributed by atoms with Crippen LogP contribution in [0.5, 0.6) is 0 Å². The third-order valence-corrected chi connectivity index (χ3v) is 3.17. The molecule has 1 aromatic heterocycles. The zero-order valence-electron chi connectivity index (χ0n) is 11.3. The van der Waals surface area contributed by atoms with Crippen LogP contribution in [-0.4, -0.2) is 15.4 Å². The molecule has 2 N–H and O–H groups in total. The summed E-state index contributed by atoms with van der Waals surface area (Å²) in [4.78, 5) is 0. The minimum absolute atomic E-state index is 0.585. The largest absolute Gasteiger partial charge is 0.396 e. The van der Waals surface area contributed by atoms with Crippen LogP contribution in [0, 0.1) is 0 Å². The summed E-state index contributed by atoms with van der Waals surface area (Å²) in [5.41, 5.74) is 10.6. The number of aromatic nitrogens is 3. The van der Waals surface area contributed by atoms with Crippen molar-refractivity contribution in [1.82, 2.24) is 15.4 Å². The van der Waals surface area contributed by atoms with Crippen LogP contribution >= 0.6 is 0 Å². The number of hydrogen-bond acceptors (Lipinski definition) is 4. The van der Waals surface area contributed by atoms with Gasteiger partial charge in [-0.25, -0.2) is 0 Å². The van der Waals surface area contributed by atoms with E-state index in [0.717, 1.165) is 16.7 Å². The first-order chi connectivity index (χ1) is 10.4. The number of benzene rings is 2. The normalized spacial score (nSPS) is 10.1. The molecule has 0 bridgehead atoms. The van der Waals surface area contributed by atoms with Crippen LogP contribution in [0.4, 0.5) is 0 Å². The summed E-state index contributed by atoms with van der Waals surface area (Å²) >= 11 is 0. The summed E-state index contributed by atoms with van der Waals surface area (Å²) in [7, 11) is 0. The Labute approximate surface area is 123 Å². The molecule has 0 aliphatic heterocycles. The molecule has 1 heterocycles. The van der Waals surface area contributed by atoms with Crippen molar-refractivity contribution in [1.29, 1.82) is 0 Å². The van der Waals surface area contributed by atoms with Crippen LogP contribution in [0.1, 0.15) is 16.8 Å². The second-order valence-corrected chi connectivity index (χ2v) is 4.53. The lowest BCUT2D eigenvalue weighted by molar-refractivity contribution is 0.853. The smallest absolute Gasteiger partial charge is 0.113 e. The first-order valence-electron chi connectivity index (χ1n) is 6.61. The standard InChI is InChI=1S/C17H14N4/c18-17(15-11-12-19-21-20-15)16(13-7-3-1-4-8-13)14-9-5-2-6-10-14/h1-12H,18H2. The van der Waals surface area contributed by atoms with Gasteiger partial charge in [-0.3, -0.25) is 0 Å². The highest BCUT2D eigenvalue weighted by molar-refractivity contribution is 5.96. The van der Waals surface area contributed by atoms with Gasteiger partial charge in [-0.15, -0.1) is 10.2 Å². The Morgan fingerprint density at radius 2 is 1.33 bits per heavy atom. The van der Waals surface area contributed by atoms with E-state index >= 15 is 0 Å². The zero-order chi connectivity index (χ0) is 14.5. The van der Waals surface area contributed by atoms with Gasteiger partial charge in [0, 0.05) is 5.57 Å². The molecular formula is C17H14N4. The molecule has 0 fully saturated rings. The highest BCUT2D eigenvalue weighted by atomic mass is 15.3. The number of nitrogens with zero attached hydrogens (tertiary/aromatic N) is 3. The third kappa shape index (κ3) is 2.79. The summed E-state index contributed by atoms with van der Waals surface area (Å²) < 4.78 is 0. The Morgan fingerprint density at radius 1 is 0.762 bits per heavy atom. The van der Waals surface area contributed by atoms with E-state index < -0.39 is 0 Å². The fourth-order valence-corrected chi connectivity index (χ4v) is 2.20. The van der Waals surface area contributed by atoms with Gasteiger partial charge in [0.05, 0.1) is 11.9 Å². The van der Waals surface area contributed by atoms with Crippen molar-refractivity contribution in [3.05, 3.63) is 89.7 Å². The molecule has 0 unspecified atom stereocenters. The summed E-state index contributed by atoms with van der Waals surface area (Å²) in [5, 5.41) is 11.4. The number of nitrogens with two attached hydrogens (primary N) is 1. The fourth-order valence-electron chi connectivity index (χ4n) is 2.20. The average molecular weight is 274 g/mol. The van der Waals surface area contributed by atoms with Crippen molar-refractivity contribution in [3.8, 4) is 0 Å². The van der Waals surface area contributed by atoms with Crippen molar-refractivity contribution in [2.75, 3.05) is 0 Å². The summed E-state index contributed by atoms with van der Waals surface area (Å²) in [6.07, 6.45) is 1.59. The van der Waals surface area contributed by atoms with Gasteiger partial charge in [0.1, 0.15) is 5.69 Å². The molecule has 0 saturated heterocycles. The molecule has 0 amide bonds. The quantitative estimate of drug-likeness (QED) is 0.797. The maximum atomic E-state index is 6.35. The molecule has 0 aliphatic rings. The monoisotopic (exact) mass is 274 g/mol. The van der Waals surface area contributed by atoms with E-state index in [1.807, 2.05) is 60.7 Å². The van der Waals surface area contributed by atoms with Gasteiger partial charge in [0.15, 0.2) is 0 Å². The minimum atomic E-state index is 0.585. The van der Waals surface area contributed by atoms with Crippen LogP contribution in [0.15, 0.2) is 72.9 Å². The maximum absolute atomic E-state index is 6.35. The lowest BCUT2D eigenvalue weighted by Crippen LogP contribution is -2.06. The maximum Gasteiger partial charge on any atom is 0.113 e. The Morgan fingerprint density at radius 3 is 1.81 bits per heavy atom. The van der Waals surface area contributed by atoms with Crippen LogP contribution in [-0.2, 0) is 0 Å². The Kier molecular flexibility index (Phi) is 3.69. The van der Waals surface area contributed by atoms with Crippen molar-refractivity contribution < 1.29 is 0 Å². The van der Waals surface area contributed by atoms with Crippen LogP contribution < -0.4 is 5.73 Å². The van der Waals surface area contributed by atoms with Crippen molar-refractivity contribution in [2.24, 2.45) is 5.73 Å². The molecule has 102 valence electrons. The molecule has 0 aliphatic carbocycles. The van der Waals surface area contributed by atoms with E-state index in [2.05, 4.69) is 15.4 Å². The predicted molar refractivity (Wildman–Crippen MR) is 82.8 cm³/mol. The molecule has 0 radical (unpaired) electrons. The van der Waals surface area contributed by atoms with Gasteiger partial charge in [-0.2, -0.15) is 0 Å². The van der Waals surface area contributed by atoms with Crippen molar-refractivity contribution >= 4 is 11.3 Å². The molecular weight excluding hydrogens is 260 g/mol. The predicted octanol–water partition coefficient (Wildman–Crippen LogP) is 2.75. The Hall–Kier alpha value is -3.01. The minimum Gasteiger partial charge on any atom is -0.396 e. The zero-order valence-corrected chi connectivity index (χ0v) is 11.3. The Balaban J connectivity index is 2.22. The number of rotatable bonds is 3. The highest BCUT2D eigenvalue weighted by Crippen LogP contribution is 2.28. The Bertz CT molecular complexity index is 696. The molecule has 4 heteroatoms. The van der Waals surface area contributed by atoms with Crippen LogP contribution in [0.25, 0.3) is 11.3 Å². The second kappa shape index (κ2) is 5.96. The van der Waals surface area contributed by atoms with Crippen molar-refractivity contribution in [2.45, 2.75) is 0 Å². The SMILES string of the molecule is NC(=C(c1ccccc1)c1ccccc1)c1ccnnn1. The lowest BCUT2D eigenvalue weighted by atomic mass is 9.95. The van der Waals surface area contributed by atoms with E-state index in [4.69, 9.17) is 5.73 Å². The summed E-state index contributed by atoms with van der Waals surface area (Å²) in [6, 6.07) is 21.8. The molecule has 0 atom stereocenters. The first-order valence-corrected chi connectivity index (χ1v) is 6.61. The molecule has 4 nitrogen and oxygen atoms in total. The van der Waals surface area contributed by atoms with E-state index in [0.29, 0.717) is 11.4 Å². The molecule has 3 aromatic rings. The molecule has 2 aromatic carbocycles. The van der Waals surface area contributed by atoms with Crippen LogP contribution in [0.3, 0.4) is 0 Å². The summed E-state index contributed by atoms with van der Waals surface area (Å²) in [6.45, 7) is 0. The van der Waals surface area contributed by atoms with E-state index in [1.54, 1.807) is 12.3 Å². The van der Waals surface area contributed by atoms with E-state index in [-0.39, 0.29) is 0 Å². The van der Waals surface area contributed by atoms with E-state index in [9.17, 15) is 0 Å². The van der Waals surface area contributed by atoms with Crippen molar-refractivity contribution in [3.63, 3.8) is 0 Å². The van der Waals surface area contributed by atoms with E-state index in [1.165, 1.54) is 0 Å². The second-order valence-electron chi connectivity index (χ2n) is 4.53. The van der Waals surface area contributed by atoms with Gasteiger partial charge >= 0.3 is 0 Å². The first kappa shape index (κ1) is 13.0. The van der Waals surface area contributed by atoms with Crippen LogP contribution in [0.2, 0.25) is 0 Å². The number of hydrogen-bond donors (Lipinski definition) is 1.